The average molecular weight is 163 g/mol. The van der Waals surface area contributed by atoms with Crippen molar-refractivity contribution in [2.75, 3.05) is 0 Å². The second-order valence-corrected chi connectivity index (χ2v) is 3.38. The summed E-state index contributed by atoms with van der Waals surface area (Å²) < 4.78 is 0. The molecule has 0 aliphatic carbocycles. The van der Waals surface area contributed by atoms with E-state index in [1.807, 2.05) is 13.1 Å². The van der Waals surface area contributed by atoms with Crippen LogP contribution >= 0.6 is 0 Å². The van der Waals surface area contributed by atoms with Crippen molar-refractivity contribution in [3.05, 3.63) is 23.3 Å². The second kappa shape index (κ2) is 2.83. The van der Waals surface area contributed by atoms with Crippen LogP contribution in [-0.4, -0.2) is 16.0 Å². The topological polar surface area (TPSA) is 37.8 Å². The monoisotopic (exact) mass is 163 g/mol. The van der Waals surface area contributed by atoms with Gasteiger partial charge in [-0.1, -0.05) is 0 Å². The van der Waals surface area contributed by atoms with E-state index < -0.39 is 0 Å². The van der Waals surface area contributed by atoms with Crippen LogP contribution in [0.4, 0.5) is 0 Å². The minimum Gasteiger partial charge on any atom is -0.308 e. The van der Waals surface area contributed by atoms with Gasteiger partial charge in [-0.05, 0) is 25.8 Å². The van der Waals surface area contributed by atoms with Crippen LogP contribution in [0.3, 0.4) is 0 Å². The lowest BCUT2D eigenvalue weighted by molar-refractivity contribution is 0.501. The normalized spacial score (nSPS) is 22.0. The Morgan fingerprint density at radius 3 is 3.25 bits per heavy atom. The van der Waals surface area contributed by atoms with Gasteiger partial charge in [0.05, 0.1) is 5.69 Å². The molecular formula is C9H13N3. The Bertz CT molecular complexity index is 296. The van der Waals surface area contributed by atoms with Gasteiger partial charge in [-0.25, -0.2) is 9.97 Å². The maximum absolute atomic E-state index is 4.37. The fraction of sp³-hybridized carbons (Fsp3) is 0.556. The molecule has 1 aromatic heterocycles. The van der Waals surface area contributed by atoms with Crippen LogP contribution in [0.25, 0.3) is 0 Å². The lowest BCUT2D eigenvalue weighted by Gasteiger charge is -2.21. The first-order chi connectivity index (χ1) is 5.75. The van der Waals surface area contributed by atoms with Gasteiger partial charge in [-0.2, -0.15) is 0 Å². The van der Waals surface area contributed by atoms with Gasteiger partial charge in [0.1, 0.15) is 5.82 Å². The average Bonchev–Trinajstić information content (AvgIpc) is 2.05. The van der Waals surface area contributed by atoms with Gasteiger partial charge >= 0.3 is 0 Å². The molecular weight excluding hydrogens is 150 g/mol. The van der Waals surface area contributed by atoms with Crippen LogP contribution in [0.2, 0.25) is 0 Å². The van der Waals surface area contributed by atoms with E-state index >= 15 is 0 Å². The number of fused-ring (bicyclic) bond motifs is 1. The fourth-order valence-electron chi connectivity index (χ4n) is 1.54. The molecule has 3 nitrogen and oxygen atoms in total. The van der Waals surface area contributed by atoms with Crippen molar-refractivity contribution < 1.29 is 0 Å². The van der Waals surface area contributed by atoms with Crippen molar-refractivity contribution in [3.8, 4) is 0 Å². The summed E-state index contributed by atoms with van der Waals surface area (Å²) in [5.41, 5.74) is 2.47. The van der Waals surface area contributed by atoms with Crippen molar-refractivity contribution >= 4 is 0 Å². The molecule has 2 rings (SSSR count). The SMILES string of the molecule is Cc1ncc2c(n1)CNC(C)C2. The standard InChI is InChI=1S/C9H13N3/c1-6-3-8-4-11-7(2)12-9(8)5-10-6/h4,6,10H,3,5H2,1-2H3. The molecule has 0 amide bonds. The maximum atomic E-state index is 4.37. The molecule has 0 bridgehead atoms. The summed E-state index contributed by atoms with van der Waals surface area (Å²) in [5.74, 6) is 0.866. The van der Waals surface area contributed by atoms with E-state index in [9.17, 15) is 0 Å². The number of aromatic nitrogens is 2. The second-order valence-electron chi connectivity index (χ2n) is 3.38. The van der Waals surface area contributed by atoms with Crippen LogP contribution in [0, 0.1) is 6.92 Å². The lowest BCUT2D eigenvalue weighted by Crippen LogP contribution is -2.33. The quantitative estimate of drug-likeness (QED) is 0.615. The van der Waals surface area contributed by atoms with Crippen molar-refractivity contribution in [2.24, 2.45) is 0 Å². The Hall–Kier alpha value is -0.960. The van der Waals surface area contributed by atoms with Gasteiger partial charge in [-0.3, -0.25) is 0 Å². The van der Waals surface area contributed by atoms with Crippen LogP contribution in [0.1, 0.15) is 24.0 Å². The van der Waals surface area contributed by atoms with Gasteiger partial charge in [0.15, 0.2) is 0 Å². The highest BCUT2D eigenvalue weighted by Gasteiger charge is 2.15. The van der Waals surface area contributed by atoms with Gasteiger partial charge in [0.25, 0.3) is 0 Å². The Morgan fingerprint density at radius 2 is 2.42 bits per heavy atom. The number of aryl methyl sites for hydroxylation is 1. The summed E-state index contributed by atoms with van der Waals surface area (Å²) in [6, 6.07) is 0.559. The maximum Gasteiger partial charge on any atom is 0.125 e. The van der Waals surface area contributed by atoms with Crippen LogP contribution in [0.5, 0.6) is 0 Å². The molecule has 2 heterocycles. The van der Waals surface area contributed by atoms with E-state index in [1.54, 1.807) is 0 Å². The number of rotatable bonds is 0. The Kier molecular flexibility index (Phi) is 1.81. The zero-order valence-electron chi connectivity index (χ0n) is 7.46. The van der Waals surface area contributed by atoms with Crippen LogP contribution < -0.4 is 5.32 Å². The summed E-state index contributed by atoms with van der Waals surface area (Å²) >= 11 is 0. The molecule has 0 saturated carbocycles. The number of nitrogens with zero attached hydrogens (tertiary/aromatic N) is 2. The summed E-state index contributed by atoms with van der Waals surface area (Å²) in [4.78, 5) is 8.56. The number of hydrogen-bond acceptors (Lipinski definition) is 3. The highest BCUT2D eigenvalue weighted by atomic mass is 15.0. The zero-order valence-corrected chi connectivity index (χ0v) is 7.46. The molecule has 0 fully saturated rings. The molecule has 64 valence electrons. The van der Waals surface area contributed by atoms with Crippen LogP contribution in [0.15, 0.2) is 6.20 Å². The fourth-order valence-corrected chi connectivity index (χ4v) is 1.54. The first-order valence-corrected chi connectivity index (χ1v) is 4.30. The minimum atomic E-state index is 0.559. The van der Waals surface area contributed by atoms with Gasteiger partial charge in [0.2, 0.25) is 0 Å². The third-order valence-corrected chi connectivity index (χ3v) is 2.22. The van der Waals surface area contributed by atoms with E-state index in [0.717, 1.165) is 18.8 Å². The summed E-state index contributed by atoms with van der Waals surface area (Å²) in [6.45, 7) is 5.00. The Balaban J connectivity index is 2.37. The molecule has 0 saturated heterocycles. The Morgan fingerprint density at radius 1 is 1.58 bits per heavy atom. The van der Waals surface area contributed by atoms with Crippen molar-refractivity contribution in [1.29, 1.82) is 0 Å². The highest BCUT2D eigenvalue weighted by Crippen LogP contribution is 2.12. The van der Waals surface area contributed by atoms with Gasteiger partial charge in [-0.15, -0.1) is 0 Å². The molecule has 1 aromatic rings. The summed E-state index contributed by atoms with van der Waals surface area (Å²) in [5, 5.41) is 3.38. The first kappa shape index (κ1) is 7.68. The van der Waals surface area contributed by atoms with Gasteiger partial charge in [0, 0.05) is 18.8 Å². The molecule has 3 heteroatoms. The predicted octanol–water partition coefficient (Wildman–Crippen LogP) is 0.819. The largest absolute Gasteiger partial charge is 0.308 e. The molecule has 1 N–H and O–H groups in total. The molecule has 0 radical (unpaired) electrons. The van der Waals surface area contributed by atoms with E-state index in [4.69, 9.17) is 0 Å². The van der Waals surface area contributed by atoms with E-state index in [-0.39, 0.29) is 0 Å². The van der Waals surface area contributed by atoms with Crippen molar-refractivity contribution in [2.45, 2.75) is 32.9 Å². The molecule has 1 unspecified atom stereocenters. The molecule has 1 aliphatic rings. The molecule has 0 spiro atoms. The number of hydrogen-bond donors (Lipinski definition) is 1. The highest BCUT2D eigenvalue weighted by molar-refractivity contribution is 5.21. The lowest BCUT2D eigenvalue weighted by atomic mass is 10.0. The van der Waals surface area contributed by atoms with Crippen molar-refractivity contribution in [3.63, 3.8) is 0 Å². The number of nitrogens with one attached hydrogen (secondary N) is 1. The molecule has 0 aromatic carbocycles. The molecule has 1 atom stereocenters. The van der Waals surface area contributed by atoms with E-state index in [2.05, 4.69) is 22.2 Å². The zero-order chi connectivity index (χ0) is 8.55. The third-order valence-electron chi connectivity index (χ3n) is 2.22. The van der Waals surface area contributed by atoms with Crippen molar-refractivity contribution in [1.82, 2.24) is 15.3 Å². The molecule has 12 heavy (non-hydrogen) atoms. The summed E-state index contributed by atoms with van der Waals surface area (Å²) in [7, 11) is 0. The van der Waals surface area contributed by atoms with Gasteiger partial charge < -0.3 is 5.32 Å². The van der Waals surface area contributed by atoms with E-state index in [1.165, 1.54) is 11.3 Å². The minimum absolute atomic E-state index is 0.559. The predicted molar refractivity (Wildman–Crippen MR) is 46.8 cm³/mol. The first-order valence-electron chi connectivity index (χ1n) is 4.30. The van der Waals surface area contributed by atoms with E-state index in [0.29, 0.717) is 6.04 Å². The smallest absolute Gasteiger partial charge is 0.125 e. The van der Waals surface area contributed by atoms with Crippen LogP contribution in [-0.2, 0) is 13.0 Å². The summed E-state index contributed by atoms with van der Waals surface area (Å²) in [6.07, 6.45) is 3.00. The molecule has 1 aliphatic heterocycles. The third kappa shape index (κ3) is 1.32. The Labute approximate surface area is 72.2 Å².